The molecule has 0 aliphatic heterocycles. The number of nitrogens with one attached hydrogen (secondary N) is 1. The highest BCUT2D eigenvalue weighted by Gasteiger charge is 2.10. The standard InChI is InChI=1S/C18H21NO2S2/c1-14-7-9-17(23-14)16(20)8-10-18(21)19-11-12-22-13-15-5-3-2-4-6-15/h2-7,9H,8,10-13H2,1H3,(H,19,21). The van der Waals surface area contributed by atoms with Gasteiger partial charge < -0.3 is 5.32 Å². The fraction of sp³-hybridized carbons (Fsp3) is 0.333. The minimum absolute atomic E-state index is 0.0491. The molecule has 0 atom stereocenters. The van der Waals surface area contributed by atoms with Crippen molar-refractivity contribution in [3.8, 4) is 0 Å². The van der Waals surface area contributed by atoms with E-state index < -0.39 is 0 Å². The van der Waals surface area contributed by atoms with E-state index in [0.29, 0.717) is 6.54 Å². The fourth-order valence-corrected chi connectivity index (χ4v) is 3.70. The van der Waals surface area contributed by atoms with E-state index in [1.165, 1.54) is 16.9 Å². The summed E-state index contributed by atoms with van der Waals surface area (Å²) in [7, 11) is 0. The van der Waals surface area contributed by atoms with Crippen LogP contribution in [0.1, 0.15) is 33.0 Å². The summed E-state index contributed by atoms with van der Waals surface area (Å²) in [5, 5.41) is 2.87. The number of hydrogen-bond acceptors (Lipinski definition) is 4. The number of carbonyl (C=O) groups excluding carboxylic acids is 2. The molecule has 2 aromatic rings. The van der Waals surface area contributed by atoms with Crippen LogP contribution in [-0.2, 0) is 10.5 Å². The second-order valence-electron chi connectivity index (χ2n) is 5.22. The lowest BCUT2D eigenvalue weighted by molar-refractivity contribution is -0.120. The molecule has 0 radical (unpaired) electrons. The zero-order valence-electron chi connectivity index (χ0n) is 13.2. The van der Waals surface area contributed by atoms with Crippen molar-refractivity contribution in [2.24, 2.45) is 0 Å². The summed E-state index contributed by atoms with van der Waals surface area (Å²) < 4.78 is 0. The average Bonchev–Trinajstić information content (AvgIpc) is 3.00. The van der Waals surface area contributed by atoms with Gasteiger partial charge in [0.2, 0.25) is 5.91 Å². The lowest BCUT2D eigenvalue weighted by Gasteiger charge is -2.05. The van der Waals surface area contributed by atoms with Crippen molar-refractivity contribution in [1.82, 2.24) is 5.32 Å². The van der Waals surface area contributed by atoms with Crippen LogP contribution >= 0.6 is 23.1 Å². The minimum Gasteiger partial charge on any atom is -0.355 e. The van der Waals surface area contributed by atoms with Crippen molar-refractivity contribution in [3.05, 3.63) is 57.8 Å². The molecule has 3 nitrogen and oxygen atoms in total. The highest BCUT2D eigenvalue weighted by molar-refractivity contribution is 7.98. The van der Waals surface area contributed by atoms with Crippen LogP contribution in [0.4, 0.5) is 0 Å². The van der Waals surface area contributed by atoms with E-state index in [1.807, 2.05) is 37.3 Å². The van der Waals surface area contributed by atoms with E-state index in [2.05, 4.69) is 17.4 Å². The molecule has 1 aromatic carbocycles. The largest absolute Gasteiger partial charge is 0.355 e. The Hall–Kier alpha value is -1.59. The molecule has 0 aliphatic carbocycles. The number of amides is 1. The second kappa shape index (κ2) is 9.53. The topological polar surface area (TPSA) is 46.2 Å². The molecule has 5 heteroatoms. The maximum atomic E-state index is 11.9. The van der Waals surface area contributed by atoms with Crippen LogP contribution in [0, 0.1) is 6.92 Å². The van der Waals surface area contributed by atoms with Crippen LogP contribution in [0.15, 0.2) is 42.5 Å². The molecule has 1 amide bonds. The van der Waals surface area contributed by atoms with Crippen molar-refractivity contribution in [2.75, 3.05) is 12.3 Å². The number of rotatable bonds is 9. The predicted octanol–water partition coefficient (Wildman–Crippen LogP) is 4.07. The first-order valence-electron chi connectivity index (χ1n) is 7.63. The Morgan fingerprint density at radius 3 is 2.57 bits per heavy atom. The highest BCUT2D eigenvalue weighted by atomic mass is 32.2. The first-order chi connectivity index (χ1) is 11.1. The van der Waals surface area contributed by atoms with Gasteiger partial charge in [-0.2, -0.15) is 11.8 Å². The maximum absolute atomic E-state index is 11.9. The van der Waals surface area contributed by atoms with Gasteiger partial charge in [0.1, 0.15) is 0 Å². The van der Waals surface area contributed by atoms with E-state index in [-0.39, 0.29) is 24.5 Å². The van der Waals surface area contributed by atoms with Gasteiger partial charge in [0.15, 0.2) is 5.78 Å². The van der Waals surface area contributed by atoms with Crippen LogP contribution < -0.4 is 5.32 Å². The molecule has 0 bridgehead atoms. The summed E-state index contributed by atoms with van der Waals surface area (Å²) in [5.41, 5.74) is 1.29. The molecule has 0 unspecified atom stereocenters. The minimum atomic E-state index is -0.0491. The molecule has 0 fully saturated rings. The quantitative estimate of drug-likeness (QED) is 0.549. The highest BCUT2D eigenvalue weighted by Crippen LogP contribution is 2.17. The molecule has 122 valence electrons. The van der Waals surface area contributed by atoms with Gasteiger partial charge in [-0.25, -0.2) is 0 Å². The first-order valence-corrected chi connectivity index (χ1v) is 9.60. The molecular weight excluding hydrogens is 326 g/mol. The lowest BCUT2D eigenvalue weighted by atomic mass is 10.2. The van der Waals surface area contributed by atoms with Crippen molar-refractivity contribution >= 4 is 34.8 Å². The average molecular weight is 348 g/mol. The number of aryl methyl sites for hydroxylation is 1. The Kier molecular flexibility index (Phi) is 7.36. The third-order valence-corrected chi connectivity index (χ3v) is 5.35. The Labute approximate surface area is 145 Å². The first kappa shape index (κ1) is 17.8. The Morgan fingerprint density at radius 2 is 1.87 bits per heavy atom. The van der Waals surface area contributed by atoms with E-state index in [0.717, 1.165) is 21.3 Å². The predicted molar refractivity (Wildman–Crippen MR) is 98.2 cm³/mol. The van der Waals surface area contributed by atoms with Gasteiger partial charge in [-0.3, -0.25) is 9.59 Å². The third-order valence-electron chi connectivity index (χ3n) is 3.27. The number of hydrogen-bond donors (Lipinski definition) is 1. The fourth-order valence-electron chi connectivity index (χ4n) is 2.05. The summed E-state index contributed by atoms with van der Waals surface area (Å²) in [4.78, 5) is 25.5. The SMILES string of the molecule is Cc1ccc(C(=O)CCC(=O)NCCSCc2ccccc2)s1. The summed E-state index contributed by atoms with van der Waals surface area (Å²) in [6, 6.07) is 14.0. The Morgan fingerprint density at radius 1 is 1.09 bits per heavy atom. The maximum Gasteiger partial charge on any atom is 0.220 e. The van der Waals surface area contributed by atoms with Gasteiger partial charge in [-0.1, -0.05) is 30.3 Å². The summed E-state index contributed by atoms with van der Waals surface area (Å²) in [6.45, 7) is 2.61. The zero-order chi connectivity index (χ0) is 16.5. The number of Topliss-reactive ketones (excluding diaryl/α,β-unsaturated/α-hetero) is 1. The second-order valence-corrected chi connectivity index (χ2v) is 7.61. The van der Waals surface area contributed by atoms with E-state index in [4.69, 9.17) is 0 Å². The van der Waals surface area contributed by atoms with E-state index >= 15 is 0 Å². The van der Waals surface area contributed by atoms with Crippen molar-refractivity contribution in [1.29, 1.82) is 0 Å². The summed E-state index contributed by atoms with van der Waals surface area (Å²) in [6.07, 6.45) is 0.544. The molecule has 0 saturated carbocycles. The number of benzene rings is 1. The van der Waals surface area contributed by atoms with Crippen LogP contribution in [0.5, 0.6) is 0 Å². The summed E-state index contributed by atoms with van der Waals surface area (Å²) >= 11 is 3.28. The lowest BCUT2D eigenvalue weighted by Crippen LogP contribution is -2.26. The smallest absolute Gasteiger partial charge is 0.220 e. The normalized spacial score (nSPS) is 10.5. The molecule has 0 aliphatic rings. The van der Waals surface area contributed by atoms with Gasteiger partial charge in [0, 0.05) is 35.8 Å². The van der Waals surface area contributed by atoms with Crippen molar-refractivity contribution in [3.63, 3.8) is 0 Å². The molecule has 2 rings (SSSR count). The number of thiophene rings is 1. The van der Waals surface area contributed by atoms with Crippen molar-refractivity contribution < 1.29 is 9.59 Å². The van der Waals surface area contributed by atoms with Gasteiger partial charge in [-0.05, 0) is 24.6 Å². The molecule has 1 aromatic heterocycles. The number of carbonyl (C=O) groups is 2. The van der Waals surface area contributed by atoms with Crippen LogP contribution in [0.25, 0.3) is 0 Å². The molecule has 0 saturated heterocycles. The van der Waals surface area contributed by atoms with Gasteiger partial charge in [0.25, 0.3) is 0 Å². The van der Waals surface area contributed by atoms with Gasteiger partial charge >= 0.3 is 0 Å². The van der Waals surface area contributed by atoms with Crippen LogP contribution in [-0.4, -0.2) is 24.0 Å². The number of thioether (sulfide) groups is 1. The summed E-state index contributed by atoms with van der Waals surface area (Å²) in [5.74, 6) is 1.83. The zero-order valence-corrected chi connectivity index (χ0v) is 14.8. The molecular formula is C18H21NO2S2. The van der Waals surface area contributed by atoms with Crippen LogP contribution in [0.3, 0.4) is 0 Å². The molecule has 0 spiro atoms. The molecule has 23 heavy (non-hydrogen) atoms. The Balaban J connectivity index is 1.56. The third kappa shape index (κ3) is 6.59. The Bertz CT molecular complexity index is 637. The molecule has 1 N–H and O–H groups in total. The monoisotopic (exact) mass is 347 g/mol. The van der Waals surface area contributed by atoms with E-state index in [1.54, 1.807) is 11.8 Å². The van der Waals surface area contributed by atoms with Gasteiger partial charge in [-0.15, -0.1) is 11.3 Å². The number of ketones is 1. The van der Waals surface area contributed by atoms with E-state index in [9.17, 15) is 9.59 Å². The molecule has 1 heterocycles. The van der Waals surface area contributed by atoms with Gasteiger partial charge in [0.05, 0.1) is 4.88 Å². The van der Waals surface area contributed by atoms with Crippen LogP contribution in [0.2, 0.25) is 0 Å². The van der Waals surface area contributed by atoms with Crippen molar-refractivity contribution in [2.45, 2.75) is 25.5 Å².